The predicted octanol–water partition coefficient (Wildman–Crippen LogP) is 2.50. The van der Waals surface area contributed by atoms with Crippen LogP contribution in [0.4, 0.5) is 11.4 Å². The highest BCUT2D eigenvalue weighted by molar-refractivity contribution is 9.09. The van der Waals surface area contributed by atoms with Crippen LogP contribution in [0.25, 0.3) is 0 Å². The molecule has 0 spiro atoms. The molecule has 0 aliphatic carbocycles. The minimum Gasteiger partial charge on any atom is -0.375 e. The van der Waals surface area contributed by atoms with Gasteiger partial charge in [-0.1, -0.05) is 15.9 Å². The zero-order valence-corrected chi connectivity index (χ0v) is 9.74. The molecule has 1 aliphatic rings. The van der Waals surface area contributed by atoms with Gasteiger partial charge in [0.1, 0.15) is 0 Å². The molecule has 1 amide bonds. The topological polar surface area (TPSA) is 41.1 Å². The highest BCUT2D eigenvalue weighted by atomic mass is 79.9. The summed E-state index contributed by atoms with van der Waals surface area (Å²) in [5, 5.41) is 5.97. The Hall–Kier alpha value is -0.680. The number of anilines is 2. The van der Waals surface area contributed by atoms with E-state index in [1.165, 1.54) is 0 Å². The van der Waals surface area contributed by atoms with E-state index in [-0.39, 0.29) is 5.91 Å². The summed E-state index contributed by atoms with van der Waals surface area (Å²) in [6.45, 7) is 0. The Morgan fingerprint density at radius 3 is 3.21 bits per heavy atom. The molecule has 0 radical (unpaired) electrons. The largest absolute Gasteiger partial charge is 0.375 e. The lowest BCUT2D eigenvalue weighted by atomic mass is 10.2. The summed E-state index contributed by atoms with van der Waals surface area (Å²) in [5.41, 5.74) is 2.60. The number of thioether (sulfide) groups is 1. The van der Waals surface area contributed by atoms with Crippen LogP contribution in [0, 0.1) is 0 Å². The van der Waals surface area contributed by atoms with Crippen molar-refractivity contribution < 1.29 is 4.79 Å². The highest BCUT2D eigenvalue weighted by Crippen LogP contribution is 2.33. The fourth-order valence-corrected chi connectivity index (χ4v) is 2.38. The Balaban J connectivity index is 2.28. The van der Waals surface area contributed by atoms with Crippen molar-refractivity contribution in [2.24, 2.45) is 0 Å². The lowest BCUT2D eigenvalue weighted by Crippen LogP contribution is -2.18. The zero-order valence-electron chi connectivity index (χ0n) is 7.34. The van der Waals surface area contributed by atoms with Gasteiger partial charge in [0.15, 0.2) is 0 Å². The fourth-order valence-electron chi connectivity index (χ4n) is 1.27. The van der Waals surface area contributed by atoms with Crippen LogP contribution in [0.1, 0.15) is 0 Å². The zero-order chi connectivity index (χ0) is 9.97. The van der Waals surface area contributed by atoms with Gasteiger partial charge >= 0.3 is 0 Å². The number of nitrogens with one attached hydrogen (secondary N) is 2. The van der Waals surface area contributed by atoms with E-state index in [1.807, 2.05) is 18.2 Å². The van der Waals surface area contributed by atoms with E-state index in [2.05, 4.69) is 26.6 Å². The van der Waals surface area contributed by atoms with Gasteiger partial charge in [-0.3, -0.25) is 4.79 Å². The number of benzene rings is 1. The average Bonchev–Trinajstić information content (AvgIpc) is 2.17. The quantitative estimate of drug-likeness (QED) is 0.642. The molecule has 74 valence electrons. The Morgan fingerprint density at radius 1 is 1.57 bits per heavy atom. The first kappa shape index (κ1) is 9.86. The average molecular weight is 273 g/mol. The van der Waals surface area contributed by atoms with Gasteiger partial charge in [-0.2, -0.15) is 0 Å². The first-order chi connectivity index (χ1) is 6.79. The Kier molecular flexibility index (Phi) is 2.98. The van der Waals surface area contributed by atoms with Crippen molar-refractivity contribution in [2.75, 3.05) is 21.8 Å². The van der Waals surface area contributed by atoms with Crippen LogP contribution >= 0.6 is 27.7 Å². The van der Waals surface area contributed by atoms with Crippen molar-refractivity contribution >= 4 is 45.0 Å². The number of amides is 1. The van der Waals surface area contributed by atoms with Crippen molar-refractivity contribution in [2.45, 2.75) is 4.90 Å². The van der Waals surface area contributed by atoms with Gasteiger partial charge in [-0.05, 0) is 18.2 Å². The van der Waals surface area contributed by atoms with Crippen molar-refractivity contribution in [3.8, 4) is 0 Å². The minimum atomic E-state index is 0.0680. The SMILES string of the molecule is O=C1CSc2ccc(NCBr)cc2N1. The molecule has 0 atom stereocenters. The van der Waals surface area contributed by atoms with Crippen molar-refractivity contribution in [1.82, 2.24) is 0 Å². The molecule has 14 heavy (non-hydrogen) atoms. The summed E-state index contributed by atoms with van der Waals surface area (Å²) in [4.78, 5) is 12.3. The van der Waals surface area contributed by atoms with Crippen molar-refractivity contribution in [1.29, 1.82) is 0 Å². The number of hydrogen-bond donors (Lipinski definition) is 2. The van der Waals surface area contributed by atoms with E-state index in [0.29, 0.717) is 11.2 Å². The van der Waals surface area contributed by atoms with Crippen LogP contribution in [-0.2, 0) is 4.79 Å². The summed E-state index contributed by atoms with van der Waals surface area (Å²) in [6.07, 6.45) is 0. The molecular formula is C9H9BrN2OS. The molecule has 0 unspecified atom stereocenters. The molecule has 1 aromatic carbocycles. The Labute approximate surface area is 94.8 Å². The second-order valence-electron chi connectivity index (χ2n) is 2.86. The van der Waals surface area contributed by atoms with E-state index in [1.54, 1.807) is 11.8 Å². The van der Waals surface area contributed by atoms with Gasteiger partial charge in [0.25, 0.3) is 0 Å². The number of halogens is 1. The third-order valence-electron chi connectivity index (χ3n) is 1.88. The third kappa shape index (κ3) is 2.04. The molecule has 0 bridgehead atoms. The smallest absolute Gasteiger partial charge is 0.234 e. The number of carbonyl (C=O) groups excluding carboxylic acids is 1. The maximum absolute atomic E-state index is 11.1. The lowest BCUT2D eigenvalue weighted by molar-refractivity contribution is -0.113. The highest BCUT2D eigenvalue weighted by Gasteiger charge is 2.14. The maximum atomic E-state index is 11.1. The number of fused-ring (bicyclic) bond motifs is 1. The van der Waals surface area contributed by atoms with Crippen LogP contribution in [0.2, 0.25) is 0 Å². The van der Waals surface area contributed by atoms with E-state index >= 15 is 0 Å². The maximum Gasteiger partial charge on any atom is 0.234 e. The fraction of sp³-hybridized carbons (Fsp3) is 0.222. The van der Waals surface area contributed by atoms with E-state index < -0.39 is 0 Å². The summed E-state index contributed by atoms with van der Waals surface area (Å²) in [7, 11) is 0. The monoisotopic (exact) mass is 272 g/mol. The van der Waals surface area contributed by atoms with Crippen molar-refractivity contribution in [3.63, 3.8) is 0 Å². The van der Waals surface area contributed by atoms with Crippen LogP contribution in [-0.4, -0.2) is 17.1 Å². The summed E-state index contributed by atoms with van der Waals surface area (Å²) < 4.78 is 0. The van der Waals surface area contributed by atoms with Gasteiger partial charge in [0.2, 0.25) is 5.91 Å². The number of rotatable bonds is 2. The molecule has 0 saturated carbocycles. The first-order valence-electron chi connectivity index (χ1n) is 4.16. The Bertz CT molecular complexity index is 370. The van der Waals surface area contributed by atoms with Crippen LogP contribution in [0.15, 0.2) is 23.1 Å². The molecule has 0 aromatic heterocycles. The number of alkyl halides is 1. The molecular weight excluding hydrogens is 264 g/mol. The number of carbonyl (C=O) groups is 1. The molecule has 5 heteroatoms. The second-order valence-corrected chi connectivity index (χ2v) is 4.44. The predicted molar refractivity (Wildman–Crippen MR) is 63.2 cm³/mol. The first-order valence-corrected chi connectivity index (χ1v) is 6.27. The van der Waals surface area contributed by atoms with Crippen molar-refractivity contribution in [3.05, 3.63) is 18.2 Å². The van der Waals surface area contributed by atoms with Crippen LogP contribution in [0.5, 0.6) is 0 Å². The minimum absolute atomic E-state index is 0.0680. The van der Waals surface area contributed by atoms with E-state index in [9.17, 15) is 4.79 Å². The van der Waals surface area contributed by atoms with Gasteiger partial charge in [-0.15, -0.1) is 11.8 Å². The third-order valence-corrected chi connectivity index (χ3v) is 3.24. The molecule has 1 heterocycles. The van der Waals surface area contributed by atoms with Gasteiger partial charge in [0.05, 0.1) is 16.9 Å². The molecule has 0 fully saturated rings. The van der Waals surface area contributed by atoms with Crippen LogP contribution in [0.3, 0.4) is 0 Å². The summed E-state index contributed by atoms with van der Waals surface area (Å²) >= 11 is 4.86. The van der Waals surface area contributed by atoms with E-state index in [4.69, 9.17) is 0 Å². The molecule has 1 aliphatic heterocycles. The molecule has 0 saturated heterocycles. The number of hydrogen-bond acceptors (Lipinski definition) is 3. The van der Waals surface area contributed by atoms with Gasteiger partial charge < -0.3 is 10.6 Å². The lowest BCUT2D eigenvalue weighted by Gasteiger charge is -2.17. The molecule has 2 rings (SSSR count). The van der Waals surface area contributed by atoms with Gasteiger partial charge in [-0.25, -0.2) is 0 Å². The van der Waals surface area contributed by atoms with E-state index in [0.717, 1.165) is 16.3 Å². The van der Waals surface area contributed by atoms with Gasteiger partial charge in [0, 0.05) is 10.6 Å². The molecule has 3 nitrogen and oxygen atoms in total. The molecule has 1 aromatic rings. The normalized spacial score (nSPS) is 14.5. The Morgan fingerprint density at radius 2 is 2.43 bits per heavy atom. The van der Waals surface area contributed by atoms with Crippen LogP contribution < -0.4 is 10.6 Å². The standard InChI is InChI=1S/C9H9BrN2OS/c10-5-11-6-1-2-8-7(3-6)12-9(13)4-14-8/h1-3,11H,4-5H2,(H,12,13). The second kappa shape index (κ2) is 4.23. The molecule has 2 N–H and O–H groups in total. The summed E-state index contributed by atoms with van der Waals surface area (Å²) in [6, 6.07) is 5.97. The summed E-state index contributed by atoms with van der Waals surface area (Å²) in [5.74, 6) is 0.580.